The quantitative estimate of drug-likeness (QED) is 0.595. The maximum Gasteiger partial charge on any atom is 0.341 e. The number of esters is 1. The molecule has 1 aromatic carbocycles. The first kappa shape index (κ1) is 17.9. The molecule has 1 heterocycles. The molecule has 2 N–H and O–H groups in total. The molecule has 25 heavy (non-hydrogen) atoms. The van der Waals surface area contributed by atoms with Crippen LogP contribution in [0.4, 0.5) is 10.7 Å². The summed E-state index contributed by atoms with van der Waals surface area (Å²) in [5, 5.41) is 7.70. The van der Waals surface area contributed by atoms with Crippen LogP contribution in [-0.4, -0.2) is 18.2 Å². The molecule has 0 bridgehead atoms. The van der Waals surface area contributed by atoms with Gasteiger partial charge in [-0.25, -0.2) is 4.79 Å². The second-order valence-electron chi connectivity index (χ2n) is 6.30. The number of anilines is 2. The lowest BCUT2D eigenvalue weighted by atomic mass is 9.95. The Bertz CT molecular complexity index is 827. The van der Waals surface area contributed by atoms with E-state index in [1.165, 1.54) is 24.0 Å². The number of aryl methyl sites for hydroxylation is 3. The second kappa shape index (κ2) is 7.54. The Morgan fingerprint density at radius 1 is 1.20 bits per heavy atom. The number of hydrogen-bond donors (Lipinski definition) is 2. The second-order valence-corrected chi connectivity index (χ2v) is 7.82. The highest BCUT2D eigenvalue weighted by molar-refractivity contribution is 7.80. The lowest BCUT2D eigenvalue weighted by Crippen LogP contribution is -2.20. The summed E-state index contributed by atoms with van der Waals surface area (Å²) >= 11 is 7.08. The third kappa shape index (κ3) is 3.85. The number of rotatable bonds is 3. The van der Waals surface area contributed by atoms with Crippen LogP contribution in [0.25, 0.3) is 0 Å². The maximum absolute atomic E-state index is 12.3. The minimum atomic E-state index is -0.295. The van der Waals surface area contributed by atoms with Crippen LogP contribution in [0.15, 0.2) is 18.2 Å². The first-order valence-corrected chi connectivity index (χ1v) is 9.60. The van der Waals surface area contributed by atoms with Crippen molar-refractivity contribution in [2.75, 3.05) is 17.7 Å². The summed E-state index contributed by atoms with van der Waals surface area (Å²) in [5.74, 6) is -0.295. The lowest BCUT2D eigenvalue weighted by Gasteiger charge is -2.13. The van der Waals surface area contributed by atoms with E-state index < -0.39 is 0 Å². The molecule has 0 aliphatic heterocycles. The van der Waals surface area contributed by atoms with E-state index in [0.29, 0.717) is 10.7 Å². The molecular weight excluding hydrogens is 352 g/mol. The summed E-state index contributed by atoms with van der Waals surface area (Å²) in [6, 6.07) is 6.16. The van der Waals surface area contributed by atoms with E-state index in [4.69, 9.17) is 17.0 Å². The SMILES string of the molecule is COC(=O)c1c(NC(=S)Nc2ccc(C)cc2C)sc2c1CCCC2. The van der Waals surface area contributed by atoms with Crippen molar-refractivity contribution in [3.05, 3.63) is 45.3 Å². The predicted octanol–water partition coefficient (Wildman–Crippen LogP) is 4.84. The van der Waals surface area contributed by atoms with Crippen molar-refractivity contribution in [3.8, 4) is 0 Å². The predicted molar refractivity (Wildman–Crippen MR) is 108 cm³/mol. The standard InChI is InChI=1S/C19H22N2O2S2/c1-11-8-9-14(12(2)10-11)20-19(24)21-17-16(18(22)23-3)13-6-4-5-7-15(13)25-17/h8-10H,4-7H2,1-3H3,(H2,20,21,24). The van der Waals surface area contributed by atoms with Gasteiger partial charge in [0.05, 0.1) is 12.7 Å². The Morgan fingerprint density at radius 3 is 2.68 bits per heavy atom. The largest absolute Gasteiger partial charge is 0.465 e. The molecule has 0 amide bonds. The zero-order valence-corrected chi connectivity index (χ0v) is 16.3. The summed E-state index contributed by atoms with van der Waals surface area (Å²) in [7, 11) is 1.42. The van der Waals surface area contributed by atoms with Crippen molar-refractivity contribution in [1.29, 1.82) is 0 Å². The number of carbonyl (C=O) groups is 1. The van der Waals surface area contributed by atoms with Gasteiger partial charge in [-0.15, -0.1) is 11.3 Å². The average Bonchev–Trinajstić information content (AvgIpc) is 2.94. The van der Waals surface area contributed by atoms with Crippen molar-refractivity contribution in [3.63, 3.8) is 0 Å². The number of thiophene rings is 1. The van der Waals surface area contributed by atoms with E-state index >= 15 is 0 Å². The molecule has 132 valence electrons. The lowest BCUT2D eigenvalue weighted by molar-refractivity contribution is 0.0601. The van der Waals surface area contributed by atoms with Crippen molar-refractivity contribution >= 4 is 45.3 Å². The van der Waals surface area contributed by atoms with Gasteiger partial charge in [-0.3, -0.25) is 0 Å². The number of thiocarbonyl (C=S) groups is 1. The van der Waals surface area contributed by atoms with Crippen LogP contribution < -0.4 is 10.6 Å². The van der Waals surface area contributed by atoms with Gasteiger partial charge in [0.2, 0.25) is 0 Å². The maximum atomic E-state index is 12.3. The highest BCUT2D eigenvalue weighted by atomic mass is 32.1. The Kier molecular flexibility index (Phi) is 5.39. The van der Waals surface area contributed by atoms with E-state index in [2.05, 4.69) is 23.6 Å². The molecule has 0 saturated heterocycles. The monoisotopic (exact) mass is 374 g/mol. The van der Waals surface area contributed by atoms with Crippen LogP contribution in [0.2, 0.25) is 0 Å². The minimum Gasteiger partial charge on any atom is -0.465 e. The highest BCUT2D eigenvalue weighted by Gasteiger charge is 2.26. The number of fused-ring (bicyclic) bond motifs is 1. The molecule has 1 aliphatic carbocycles. The van der Waals surface area contributed by atoms with Gasteiger partial charge in [0.1, 0.15) is 5.00 Å². The highest BCUT2D eigenvalue weighted by Crippen LogP contribution is 2.38. The third-order valence-corrected chi connectivity index (χ3v) is 5.83. The first-order chi connectivity index (χ1) is 12.0. The van der Waals surface area contributed by atoms with Crippen molar-refractivity contribution in [2.45, 2.75) is 39.5 Å². The number of benzene rings is 1. The molecule has 0 atom stereocenters. The Morgan fingerprint density at radius 2 is 1.96 bits per heavy atom. The fourth-order valence-corrected chi connectivity index (χ4v) is 4.74. The number of nitrogens with one attached hydrogen (secondary N) is 2. The van der Waals surface area contributed by atoms with E-state index in [1.807, 2.05) is 19.1 Å². The summed E-state index contributed by atoms with van der Waals surface area (Å²) in [5.41, 5.74) is 5.07. The molecule has 6 heteroatoms. The van der Waals surface area contributed by atoms with Crippen LogP contribution in [0, 0.1) is 13.8 Å². The van der Waals surface area contributed by atoms with Gasteiger partial charge in [0.15, 0.2) is 5.11 Å². The Labute approximate surface area is 157 Å². The first-order valence-electron chi connectivity index (χ1n) is 8.37. The smallest absolute Gasteiger partial charge is 0.341 e. The third-order valence-electron chi connectivity index (χ3n) is 4.42. The molecule has 3 rings (SSSR count). The molecule has 0 radical (unpaired) electrons. The van der Waals surface area contributed by atoms with Gasteiger partial charge < -0.3 is 15.4 Å². The molecule has 1 aromatic heterocycles. The molecule has 0 saturated carbocycles. The molecule has 4 nitrogen and oxygen atoms in total. The van der Waals surface area contributed by atoms with Crippen LogP contribution in [-0.2, 0) is 17.6 Å². The van der Waals surface area contributed by atoms with Gasteiger partial charge in [-0.2, -0.15) is 0 Å². The molecule has 0 unspecified atom stereocenters. The van der Waals surface area contributed by atoms with Crippen molar-refractivity contribution in [1.82, 2.24) is 0 Å². The van der Waals surface area contributed by atoms with Gasteiger partial charge >= 0.3 is 5.97 Å². The van der Waals surface area contributed by atoms with Crippen LogP contribution >= 0.6 is 23.6 Å². The van der Waals surface area contributed by atoms with Gasteiger partial charge in [-0.1, -0.05) is 17.7 Å². The normalized spacial score (nSPS) is 13.1. The van der Waals surface area contributed by atoms with Crippen LogP contribution in [0.1, 0.15) is 44.8 Å². The summed E-state index contributed by atoms with van der Waals surface area (Å²) in [6.45, 7) is 4.10. The minimum absolute atomic E-state index is 0.295. The van der Waals surface area contributed by atoms with Gasteiger partial charge in [0.25, 0.3) is 0 Å². The molecule has 0 fully saturated rings. The summed E-state index contributed by atoms with van der Waals surface area (Å²) < 4.78 is 5.00. The average molecular weight is 375 g/mol. The van der Waals surface area contributed by atoms with Crippen molar-refractivity contribution in [2.24, 2.45) is 0 Å². The Balaban J connectivity index is 1.83. The van der Waals surface area contributed by atoms with E-state index in [1.54, 1.807) is 11.3 Å². The molecule has 0 spiro atoms. The Hall–Kier alpha value is -1.92. The number of carbonyl (C=O) groups excluding carboxylic acids is 1. The van der Waals surface area contributed by atoms with E-state index in [-0.39, 0.29) is 5.97 Å². The zero-order valence-electron chi connectivity index (χ0n) is 14.7. The van der Waals surface area contributed by atoms with E-state index in [0.717, 1.165) is 41.1 Å². The molecule has 2 aromatic rings. The number of hydrogen-bond acceptors (Lipinski definition) is 4. The van der Waals surface area contributed by atoms with Gasteiger partial charge in [0, 0.05) is 10.6 Å². The topological polar surface area (TPSA) is 50.4 Å². The van der Waals surface area contributed by atoms with Gasteiger partial charge in [-0.05, 0) is 68.9 Å². The van der Waals surface area contributed by atoms with Crippen molar-refractivity contribution < 1.29 is 9.53 Å². The fraction of sp³-hybridized carbons (Fsp3) is 0.368. The summed E-state index contributed by atoms with van der Waals surface area (Å²) in [6.07, 6.45) is 4.22. The van der Waals surface area contributed by atoms with E-state index in [9.17, 15) is 4.79 Å². The van der Waals surface area contributed by atoms with Crippen LogP contribution in [0.5, 0.6) is 0 Å². The summed E-state index contributed by atoms with van der Waals surface area (Å²) in [4.78, 5) is 13.5. The number of methoxy groups -OCH3 is 1. The molecular formula is C19H22N2O2S2. The zero-order chi connectivity index (χ0) is 18.0. The van der Waals surface area contributed by atoms with Crippen LogP contribution in [0.3, 0.4) is 0 Å². The number of ether oxygens (including phenoxy) is 1. The molecule has 1 aliphatic rings. The fourth-order valence-electron chi connectivity index (χ4n) is 3.18.